The third-order valence-corrected chi connectivity index (χ3v) is 2.48. The maximum Gasteiger partial charge on any atom is 0.251 e. The van der Waals surface area contributed by atoms with E-state index in [1.807, 2.05) is 20.8 Å². The highest BCUT2D eigenvalue weighted by Crippen LogP contribution is 2.21. The summed E-state index contributed by atoms with van der Waals surface area (Å²) in [5.41, 5.74) is 6.36. The van der Waals surface area contributed by atoms with Gasteiger partial charge in [0.1, 0.15) is 0 Å². The molecule has 0 aliphatic carbocycles. The molecule has 0 spiro atoms. The van der Waals surface area contributed by atoms with Crippen LogP contribution in [0.5, 0.6) is 0 Å². The van der Waals surface area contributed by atoms with Crippen molar-refractivity contribution in [3.05, 3.63) is 0 Å². The molecule has 0 aromatic carbocycles. The first-order chi connectivity index (χ1) is 6.57. The summed E-state index contributed by atoms with van der Waals surface area (Å²) in [7, 11) is 0. The first-order valence-electron chi connectivity index (χ1n) is 5.16. The van der Waals surface area contributed by atoms with E-state index in [0.29, 0.717) is 6.54 Å². The van der Waals surface area contributed by atoms with Crippen molar-refractivity contribution in [3.63, 3.8) is 0 Å². The zero-order chi connectivity index (χ0) is 10.7. The summed E-state index contributed by atoms with van der Waals surface area (Å²) < 4.78 is 0. The minimum Gasteiger partial charge on any atom is -0.330 e. The number of rotatable bonds is 4. The molecule has 0 fully saturated rings. The lowest BCUT2D eigenvalue weighted by Crippen LogP contribution is -2.32. The molecule has 0 bridgehead atoms. The van der Waals surface area contributed by atoms with E-state index < -0.39 is 0 Å². The van der Waals surface area contributed by atoms with E-state index >= 15 is 0 Å². The molecule has 2 N–H and O–H groups in total. The van der Waals surface area contributed by atoms with Gasteiger partial charge in [0.05, 0.1) is 5.92 Å². The summed E-state index contributed by atoms with van der Waals surface area (Å²) in [6.45, 7) is 6.50. The molecule has 14 heavy (non-hydrogen) atoms. The van der Waals surface area contributed by atoms with Crippen LogP contribution in [-0.2, 0) is 4.79 Å². The highest BCUT2D eigenvalue weighted by Gasteiger charge is 2.33. The van der Waals surface area contributed by atoms with E-state index in [4.69, 9.17) is 5.73 Å². The minimum atomic E-state index is -0.0269. The molecule has 1 aliphatic rings. The minimum absolute atomic E-state index is 0.0269. The Morgan fingerprint density at radius 3 is 2.64 bits per heavy atom. The number of amides is 1. The fourth-order valence-corrected chi connectivity index (χ4v) is 1.65. The highest BCUT2D eigenvalue weighted by atomic mass is 16.2. The summed E-state index contributed by atoms with van der Waals surface area (Å²) in [5.74, 6) is 0.104. The molecule has 80 valence electrons. The average molecular weight is 197 g/mol. The Morgan fingerprint density at radius 1 is 1.57 bits per heavy atom. The molecule has 1 atom stereocenters. The van der Waals surface area contributed by atoms with Crippen molar-refractivity contribution in [2.75, 3.05) is 6.54 Å². The molecule has 1 amide bonds. The lowest BCUT2D eigenvalue weighted by Gasteiger charge is -2.17. The average Bonchev–Trinajstić information content (AvgIpc) is 2.40. The van der Waals surface area contributed by atoms with Crippen molar-refractivity contribution < 1.29 is 4.79 Å². The van der Waals surface area contributed by atoms with Crippen LogP contribution in [0.15, 0.2) is 5.10 Å². The van der Waals surface area contributed by atoms with Gasteiger partial charge in [-0.3, -0.25) is 4.79 Å². The quantitative estimate of drug-likeness (QED) is 0.730. The van der Waals surface area contributed by atoms with Crippen LogP contribution in [0.1, 0.15) is 33.6 Å². The monoisotopic (exact) mass is 197 g/mol. The van der Waals surface area contributed by atoms with Gasteiger partial charge in [-0.15, -0.1) is 0 Å². The predicted molar refractivity (Wildman–Crippen MR) is 56.9 cm³/mol. The zero-order valence-electron chi connectivity index (χ0n) is 9.16. The number of nitrogens with zero attached hydrogens (tertiary/aromatic N) is 2. The number of carbonyl (C=O) groups is 1. The van der Waals surface area contributed by atoms with Gasteiger partial charge in [-0.05, 0) is 40.2 Å². The van der Waals surface area contributed by atoms with Gasteiger partial charge >= 0.3 is 0 Å². The Kier molecular flexibility index (Phi) is 3.63. The van der Waals surface area contributed by atoms with E-state index in [0.717, 1.165) is 18.6 Å². The Bertz CT molecular complexity index is 248. The van der Waals surface area contributed by atoms with E-state index in [1.165, 1.54) is 0 Å². The molecule has 0 aromatic heterocycles. The van der Waals surface area contributed by atoms with Crippen molar-refractivity contribution in [2.24, 2.45) is 16.8 Å². The summed E-state index contributed by atoms with van der Waals surface area (Å²) in [4.78, 5) is 11.8. The molecule has 1 unspecified atom stereocenters. The number of nitrogens with two attached hydrogens (primary N) is 1. The SMILES string of the molecule is CC1=NN(C(C)C)C(=O)C1CCCN. The maximum atomic E-state index is 11.8. The summed E-state index contributed by atoms with van der Waals surface area (Å²) in [6.07, 6.45) is 1.71. The Hall–Kier alpha value is -0.900. The smallest absolute Gasteiger partial charge is 0.251 e. The van der Waals surface area contributed by atoms with Gasteiger partial charge in [0.25, 0.3) is 5.91 Å². The molecule has 0 saturated heterocycles. The van der Waals surface area contributed by atoms with Crippen LogP contribution in [0.25, 0.3) is 0 Å². The van der Waals surface area contributed by atoms with Crippen LogP contribution >= 0.6 is 0 Å². The molecule has 1 heterocycles. The van der Waals surface area contributed by atoms with Crippen molar-refractivity contribution in [3.8, 4) is 0 Å². The van der Waals surface area contributed by atoms with Crippen LogP contribution in [0, 0.1) is 5.92 Å². The van der Waals surface area contributed by atoms with E-state index in [-0.39, 0.29) is 17.9 Å². The molecule has 4 nitrogen and oxygen atoms in total. The molecule has 4 heteroatoms. The normalized spacial score (nSPS) is 22.1. The Balaban J connectivity index is 2.64. The second-order valence-electron chi connectivity index (χ2n) is 4.00. The summed E-state index contributed by atoms with van der Waals surface area (Å²) in [6, 6.07) is 0.153. The van der Waals surface area contributed by atoms with E-state index in [1.54, 1.807) is 5.01 Å². The first kappa shape index (κ1) is 11.2. The van der Waals surface area contributed by atoms with Crippen molar-refractivity contribution >= 4 is 11.6 Å². The van der Waals surface area contributed by atoms with Gasteiger partial charge in [0, 0.05) is 11.8 Å². The molecular weight excluding hydrogens is 178 g/mol. The zero-order valence-corrected chi connectivity index (χ0v) is 9.16. The van der Waals surface area contributed by atoms with Crippen molar-refractivity contribution in [2.45, 2.75) is 39.7 Å². The fraction of sp³-hybridized carbons (Fsp3) is 0.800. The van der Waals surface area contributed by atoms with Gasteiger partial charge in [-0.1, -0.05) is 0 Å². The van der Waals surface area contributed by atoms with Gasteiger partial charge < -0.3 is 5.73 Å². The van der Waals surface area contributed by atoms with Gasteiger partial charge in [0.15, 0.2) is 0 Å². The number of hydrogen-bond donors (Lipinski definition) is 1. The van der Waals surface area contributed by atoms with Crippen LogP contribution in [0.4, 0.5) is 0 Å². The standard InChI is InChI=1S/C10H19N3O/c1-7(2)13-10(14)9(5-4-6-11)8(3)12-13/h7,9H,4-6,11H2,1-3H3. The first-order valence-corrected chi connectivity index (χ1v) is 5.16. The van der Waals surface area contributed by atoms with Crippen LogP contribution in [0.3, 0.4) is 0 Å². The summed E-state index contributed by atoms with van der Waals surface area (Å²) >= 11 is 0. The molecule has 1 aliphatic heterocycles. The lowest BCUT2D eigenvalue weighted by atomic mass is 9.98. The lowest BCUT2D eigenvalue weighted by molar-refractivity contribution is -0.133. The van der Waals surface area contributed by atoms with Crippen LogP contribution in [0.2, 0.25) is 0 Å². The third kappa shape index (κ3) is 2.12. The molecule has 0 saturated carbocycles. The highest BCUT2D eigenvalue weighted by molar-refractivity contribution is 6.06. The Morgan fingerprint density at radius 2 is 2.21 bits per heavy atom. The number of hydrazone groups is 1. The van der Waals surface area contributed by atoms with Crippen LogP contribution < -0.4 is 5.73 Å². The predicted octanol–water partition coefficient (Wildman–Crippen LogP) is 0.968. The third-order valence-electron chi connectivity index (χ3n) is 2.48. The van der Waals surface area contributed by atoms with E-state index in [2.05, 4.69) is 5.10 Å². The maximum absolute atomic E-state index is 11.8. The Labute approximate surface area is 85.1 Å². The van der Waals surface area contributed by atoms with Crippen LogP contribution in [-0.4, -0.2) is 29.2 Å². The van der Waals surface area contributed by atoms with E-state index in [9.17, 15) is 4.79 Å². The number of carbonyl (C=O) groups excluding carboxylic acids is 1. The molecule has 1 rings (SSSR count). The molecule has 0 aromatic rings. The fourth-order valence-electron chi connectivity index (χ4n) is 1.65. The topological polar surface area (TPSA) is 58.7 Å². The van der Waals surface area contributed by atoms with Gasteiger partial charge in [-0.2, -0.15) is 5.10 Å². The van der Waals surface area contributed by atoms with Gasteiger partial charge in [-0.25, -0.2) is 5.01 Å². The second-order valence-corrected chi connectivity index (χ2v) is 4.00. The molecule has 0 radical (unpaired) electrons. The number of hydrogen-bond acceptors (Lipinski definition) is 3. The summed E-state index contributed by atoms with van der Waals surface area (Å²) in [5, 5.41) is 5.84. The van der Waals surface area contributed by atoms with Crippen molar-refractivity contribution in [1.82, 2.24) is 5.01 Å². The largest absolute Gasteiger partial charge is 0.330 e. The molecular formula is C10H19N3O. The second kappa shape index (κ2) is 4.55. The van der Waals surface area contributed by atoms with Crippen molar-refractivity contribution in [1.29, 1.82) is 0 Å². The van der Waals surface area contributed by atoms with Gasteiger partial charge in [0.2, 0.25) is 0 Å².